The van der Waals surface area contributed by atoms with E-state index >= 15 is 0 Å². The van der Waals surface area contributed by atoms with Gasteiger partial charge < -0.3 is 13.7 Å². The summed E-state index contributed by atoms with van der Waals surface area (Å²) in [7, 11) is 0. The van der Waals surface area contributed by atoms with E-state index < -0.39 is 12.0 Å². The Morgan fingerprint density at radius 2 is 2.14 bits per heavy atom. The molecule has 0 spiro atoms. The molecular weight excluding hydrogens is 122 g/mol. The van der Waals surface area contributed by atoms with Crippen LogP contribution in [0.4, 0.5) is 0 Å². The summed E-state index contributed by atoms with van der Waals surface area (Å²) in [4.78, 5) is 9.57. The molecule has 0 aliphatic carbocycles. The molecule has 0 saturated heterocycles. The zero-order valence-electron chi connectivity index (χ0n) is 6.22. The van der Waals surface area contributed by atoms with E-state index in [9.17, 15) is 4.79 Å². The minimum absolute atomic E-state index is 0. The van der Waals surface area contributed by atoms with E-state index in [1.807, 2.05) is 0 Å². The fourth-order valence-electron chi connectivity index (χ4n) is 0. The molecule has 0 unspecified atom stereocenters. The van der Waals surface area contributed by atoms with Crippen LogP contribution in [0.5, 0.6) is 0 Å². The zero-order valence-corrected chi connectivity index (χ0v) is 6.43. The fraction of sp³-hybridized carbons (Fsp3) is 0.667. The number of carboxylic acids is 1. The molecule has 0 aliphatic rings. The molecule has 0 aromatic carbocycles. The van der Waals surface area contributed by atoms with Crippen molar-refractivity contribution in [3.63, 3.8) is 0 Å². The molecule has 0 aromatic rings. The van der Waals surface area contributed by atoms with E-state index in [1.165, 1.54) is 6.92 Å². The van der Waals surface area contributed by atoms with Crippen molar-refractivity contribution in [3.05, 3.63) is 0 Å². The van der Waals surface area contributed by atoms with Crippen LogP contribution in [-0.4, -0.2) is 54.9 Å². The van der Waals surface area contributed by atoms with Crippen LogP contribution >= 0.6 is 0 Å². The first-order chi connectivity index (χ1) is 2.64. The van der Waals surface area contributed by atoms with E-state index in [-0.39, 0.29) is 40.6 Å². The molecule has 0 aromatic heterocycles. The summed E-state index contributed by atoms with van der Waals surface area (Å²) in [5, 5.41) is 7.87. The van der Waals surface area contributed by atoms with Gasteiger partial charge in [-0.15, -0.1) is 0 Å². The van der Waals surface area contributed by atoms with E-state index in [1.54, 1.807) is 0 Å². The fourth-order valence-corrected chi connectivity index (χ4v) is 0. The minimum Gasteiger partial charge on any atom is -1.00 e. The zero-order chi connectivity index (χ0) is 5.15. The maximum atomic E-state index is 9.57. The van der Waals surface area contributed by atoms with Crippen molar-refractivity contribution in [2.75, 3.05) is 0 Å². The standard InChI is InChI=1S/C3H7NO2.Ca.2H/c1-2(4)3(5)6;;;/h2H,4H2,1H3,(H,5,6);;;/q;+2;2*-1/t2-;;;/m0.../s1. The van der Waals surface area contributed by atoms with Crippen molar-refractivity contribution >= 4 is 43.7 Å². The van der Waals surface area contributed by atoms with Gasteiger partial charge >= 0.3 is 43.7 Å². The van der Waals surface area contributed by atoms with Gasteiger partial charge in [0.1, 0.15) is 6.04 Å². The van der Waals surface area contributed by atoms with Gasteiger partial charge in [-0.25, -0.2) is 0 Å². The Bertz CT molecular complexity index is 70.8. The number of aliphatic carboxylic acids is 1. The Hall–Kier alpha value is 0.690. The van der Waals surface area contributed by atoms with Gasteiger partial charge in [-0.05, 0) is 6.92 Å². The Labute approximate surface area is 74.9 Å². The first kappa shape index (κ1) is 10.6. The Morgan fingerprint density at radius 1 is 2.00 bits per heavy atom. The van der Waals surface area contributed by atoms with Crippen LogP contribution in [0.15, 0.2) is 0 Å². The SMILES string of the molecule is C[C@H](N)C(=O)O.[Ca+2].[H-].[H-]. The molecule has 7 heavy (non-hydrogen) atoms. The second kappa shape index (κ2) is 4.84. The summed E-state index contributed by atoms with van der Waals surface area (Å²) < 4.78 is 0. The van der Waals surface area contributed by atoms with Gasteiger partial charge in [0.05, 0.1) is 0 Å². The van der Waals surface area contributed by atoms with Gasteiger partial charge in [0.2, 0.25) is 0 Å². The topological polar surface area (TPSA) is 63.3 Å². The van der Waals surface area contributed by atoms with E-state index in [0.29, 0.717) is 0 Å². The van der Waals surface area contributed by atoms with Gasteiger partial charge in [-0.2, -0.15) is 0 Å². The summed E-state index contributed by atoms with van der Waals surface area (Å²) >= 11 is 0. The number of nitrogens with two attached hydrogens (primary N) is 1. The van der Waals surface area contributed by atoms with Crippen LogP contribution in [-0.2, 0) is 4.79 Å². The van der Waals surface area contributed by atoms with E-state index in [2.05, 4.69) is 0 Å². The molecule has 0 radical (unpaired) electrons. The Balaban J connectivity index is -0.0000000417. The van der Waals surface area contributed by atoms with Gasteiger partial charge in [0.25, 0.3) is 0 Å². The molecule has 0 aliphatic heterocycles. The third kappa shape index (κ3) is 6.69. The molecular formula is C3H9CaNO2. The largest absolute Gasteiger partial charge is 2.00 e. The average molecular weight is 131 g/mol. The number of hydrogen-bond acceptors (Lipinski definition) is 2. The number of carboxylic acid groups (broad SMARTS) is 1. The first-order valence-electron chi connectivity index (χ1n) is 1.63. The minimum atomic E-state index is -0.963. The van der Waals surface area contributed by atoms with Crippen molar-refractivity contribution in [1.29, 1.82) is 0 Å². The third-order valence-corrected chi connectivity index (χ3v) is 0.390. The Morgan fingerprint density at radius 3 is 2.14 bits per heavy atom. The van der Waals surface area contributed by atoms with Gasteiger partial charge in [-0.1, -0.05) is 0 Å². The van der Waals surface area contributed by atoms with Crippen molar-refractivity contribution in [1.82, 2.24) is 0 Å². The summed E-state index contributed by atoms with van der Waals surface area (Å²) in [5.74, 6) is -0.963. The smallest absolute Gasteiger partial charge is 1.00 e. The van der Waals surface area contributed by atoms with Crippen molar-refractivity contribution in [3.8, 4) is 0 Å². The molecule has 1 atom stereocenters. The number of rotatable bonds is 1. The number of carbonyl (C=O) groups is 1. The van der Waals surface area contributed by atoms with Crippen molar-refractivity contribution < 1.29 is 12.8 Å². The van der Waals surface area contributed by atoms with Crippen LogP contribution in [0.25, 0.3) is 0 Å². The maximum absolute atomic E-state index is 9.57. The van der Waals surface area contributed by atoms with Crippen LogP contribution in [0, 0.1) is 0 Å². The molecule has 0 rings (SSSR count). The van der Waals surface area contributed by atoms with E-state index in [4.69, 9.17) is 10.8 Å². The van der Waals surface area contributed by atoms with Crippen LogP contribution in [0.3, 0.4) is 0 Å². The molecule has 0 saturated carbocycles. The van der Waals surface area contributed by atoms with Crippen molar-refractivity contribution in [2.24, 2.45) is 5.73 Å². The monoisotopic (exact) mass is 131 g/mol. The van der Waals surface area contributed by atoms with Gasteiger partial charge in [0, 0.05) is 0 Å². The predicted molar refractivity (Wildman–Crippen MR) is 29.3 cm³/mol. The molecule has 0 fully saturated rings. The molecule has 3 N–H and O–H groups in total. The molecule has 3 nitrogen and oxygen atoms in total. The molecule has 0 amide bonds. The second-order valence-corrected chi connectivity index (χ2v) is 1.13. The summed E-state index contributed by atoms with van der Waals surface area (Å²) in [6, 6.07) is -0.731. The second-order valence-electron chi connectivity index (χ2n) is 1.13. The van der Waals surface area contributed by atoms with Gasteiger partial charge in [0.15, 0.2) is 0 Å². The van der Waals surface area contributed by atoms with Gasteiger partial charge in [-0.3, -0.25) is 4.79 Å². The summed E-state index contributed by atoms with van der Waals surface area (Å²) in [5.41, 5.74) is 4.84. The van der Waals surface area contributed by atoms with Crippen LogP contribution in [0.1, 0.15) is 9.78 Å². The third-order valence-electron chi connectivity index (χ3n) is 0.390. The first-order valence-corrected chi connectivity index (χ1v) is 1.63. The Kier molecular flexibility index (Phi) is 7.35. The van der Waals surface area contributed by atoms with E-state index in [0.717, 1.165) is 0 Å². The summed E-state index contributed by atoms with van der Waals surface area (Å²) in [6.45, 7) is 1.42. The van der Waals surface area contributed by atoms with Crippen LogP contribution < -0.4 is 5.73 Å². The average Bonchev–Trinajstić information content (AvgIpc) is 1.36. The quantitative estimate of drug-likeness (QED) is 0.461. The normalized spacial score (nSPS) is 11.7. The molecule has 0 heterocycles. The molecule has 40 valence electrons. The summed E-state index contributed by atoms with van der Waals surface area (Å²) in [6.07, 6.45) is 0. The maximum Gasteiger partial charge on any atom is 2.00 e. The molecule has 4 heteroatoms. The van der Waals surface area contributed by atoms with Crippen molar-refractivity contribution in [2.45, 2.75) is 13.0 Å². The van der Waals surface area contributed by atoms with Crippen LogP contribution in [0.2, 0.25) is 0 Å². The predicted octanol–water partition coefficient (Wildman–Crippen LogP) is -0.738. The molecule has 0 bridgehead atoms. The number of hydrogen-bond donors (Lipinski definition) is 2.